The van der Waals surface area contributed by atoms with Gasteiger partial charge in [0.25, 0.3) is 0 Å². The van der Waals surface area contributed by atoms with Crippen LogP contribution in [0.2, 0.25) is 0 Å². The van der Waals surface area contributed by atoms with Crippen molar-refractivity contribution in [2.75, 3.05) is 65.4 Å². The number of carbonyl (C=O) groups is 2. The van der Waals surface area contributed by atoms with Crippen LogP contribution in [0.5, 0.6) is 0 Å². The van der Waals surface area contributed by atoms with Crippen molar-refractivity contribution in [2.45, 2.75) is 81.6 Å². The molecule has 8 heterocycles. The Kier molecular flexibility index (Phi) is 17.2. The molecule has 2 amide bonds. The Balaban J connectivity index is 0.000000184. The molecule has 0 bridgehead atoms. The second-order valence-electron chi connectivity index (χ2n) is 20.5. The number of aromatic amines is 2. The van der Waals surface area contributed by atoms with Crippen LogP contribution in [0.3, 0.4) is 0 Å². The standard InChI is InChI=1S/C29H33F3N4O2.C28H31F3N4O2/c30-29(31,32)23-4-1-3-20(17-23)6-7-27(38)36-15-10-22(11-16-36)26(37)19-35-13-8-21(9-14-35)25-18-34-28-24(25)5-2-12-33-28;29-23-14-18(15-24(30)27(23)31)3-4-26(37)35-12-7-20(8-13-35)25(36)17-34-10-5-19(6-11-34)22-16-33-28-21(22)2-1-9-32-28/h1-7,12,17-18,21-22,26,37H,8-11,13-16,19H2,(H,33,34);1-4,9,14-16,19-20,25,36H,5-8,10-13,17H2,(H,32,33)/b7-6+;4-3+. The Labute approximate surface area is 432 Å². The third kappa shape index (κ3) is 13.4. The molecule has 2 aromatic carbocycles. The van der Waals surface area contributed by atoms with Crippen molar-refractivity contribution < 1.29 is 46.1 Å². The molecule has 4 fully saturated rings. The monoisotopic (exact) mass is 1040 g/mol. The first kappa shape index (κ1) is 53.5. The molecule has 4 N–H and O–H groups in total. The van der Waals surface area contributed by atoms with Gasteiger partial charge in [0.1, 0.15) is 11.3 Å². The zero-order chi connectivity index (χ0) is 52.6. The molecule has 0 aliphatic carbocycles. The van der Waals surface area contributed by atoms with E-state index in [1.807, 2.05) is 12.1 Å². The van der Waals surface area contributed by atoms with Crippen LogP contribution in [0.15, 0.2) is 97.6 Å². The fourth-order valence-corrected chi connectivity index (χ4v) is 11.4. The number of hydrogen-bond acceptors (Lipinski definition) is 8. The van der Waals surface area contributed by atoms with Crippen LogP contribution in [0.25, 0.3) is 34.2 Å². The molecular weight excluding hydrogens is 975 g/mol. The van der Waals surface area contributed by atoms with Crippen LogP contribution in [0.1, 0.15) is 91.0 Å². The van der Waals surface area contributed by atoms with Gasteiger partial charge in [0.15, 0.2) is 17.5 Å². The number of halogens is 6. The number of aliphatic hydroxyl groups is 2. The van der Waals surface area contributed by atoms with Gasteiger partial charge in [-0.2, -0.15) is 13.2 Å². The summed E-state index contributed by atoms with van der Waals surface area (Å²) in [5.74, 6) is -3.38. The highest BCUT2D eigenvalue weighted by molar-refractivity contribution is 5.92. The van der Waals surface area contributed by atoms with Crippen molar-refractivity contribution in [3.05, 3.63) is 143 Å². The summed E-state index contributed by atoms with van der Waals surface area (Å²) >= 11 is 0. The van der Waals surface area contributed by atoms with E-state index in [-0.39, 0.29) is 29.2 Å². The molecule has 4 aromatic heterocycles. The van der Waals surface area contributed by atoms with Gasteiger partial charge in [-0.05, 0) is 184 Å². The quantitative estimate of drug-likeness (QED) is 0.0539. The maximum absolute atomic E-state index is 13.4. The summed E-state index contributed by atoms with van der Waals surface area (Å²) in [4.78, 5) is 48.5. The molecule has 398 valence electrons. The van der Waals surface area contributed by atoms with E-state index in [1.54, 1.807) is 28.3 Å². The minimum absolute atomic E-state index is 0.0835. The van der Waals surface area contributed by atoms with Crippen molar-refractivity contribution in [1.82, 2.24) is 39.5 Å². The number of likely N-dealkylation sites (tertiary alicyclic amines) is 4. The molecule has 75 heavy (non-hydrogen) atoms. The number of amides is 2. The van der Waals surface area contributed by atoms with E-state index in [1.165, 1.54) is 52.3 Å². The fraction of sp³-hybridized carbons (Fsp3) is 0.439. The maximum atomic E-state index is 13.4. The van der Waals surface area contributed by atoms with Crippen LogP contribution in [-0.4, -0.2) is 139 Å². The predicted octanol–water partition coefficient (Wildman–Crippen LogP) is 9.55. The predicted molar refractivity (Wildman–Crippen MR) is 275 cm³/mol. The number of piperidine rings is 4. The number of benzene rings is 2. The third-order valence-electron chi connectivity index (χ3n) is 15.8. The first-order chi connectivity index (χ1) is 36.2. The number of pyridine rings is 2. The average molecular weight is 1040 g/mol. The largest absolute Gasteiger partial charge is 0.416 e. The zero-order valence-electron chi connectivity index (χ0n) is 41.7. The van der Waals surface area contributed by atoms with Gasteiger partial charge in [-0.1, -0.05) is 12.1 Å². The van der Waals surface area contributed by atoms with Crippen LogP contribution in [-0.2, 0) is 15.8 Å². The summed E-state index contributed by atoms with van der Waals surface area (Å²) in [5, 5.41) is 24.2. The number of carbonyl (C=O) groups excluding carboxylic acids is 2. The highest BCUT2D eigenvalue weighted by Crippen LogP contribution is 2.35. The first-order valence-corrected chi connectivity index (χ1v) is 26.1. The fourth-order valence-electron chi connectivity index (χ4n) is 11.4. The lowest BCUT2D eigenvalue weighted by Gasteiger charge is -2.37. The number of rotatable bonds is 12. The van der Waals surface area contributed by atoms with Gasteiger partial charge in [-0.25, -0.2) is 23.1 Å². The Morgan fingerprint density at radius 2 is 1.04 bits per heavy atom. The van der Waals surface area contributed by atoms with Gasteiger partial charge in [0.05, 0.1) is 17.8 Å². The molecule has 4 saturated heterocycles. The van der Waals surface area contributed by atoms with Crippen LogP contribution in [0, 0.1) is 29.3 Å². The van der Waals surface area contributed by atoms with E-state index in [9.17, 15) is 46.1 Å². The Morgan fingerprint density at radius 3 is 1.48 bits per heavy atom. The molecule has 4 aliphatic heterocycles. The summed E-state index contributed by atoms with van der Waals surface area (Å²) in [7, 11) is 0. The van der Waals surface area contributed by atoms with Crippen LogP contribution >= 0.6 is 0 Å². The van der Waals surface area contributed by atoms with Crippen LogP contribution < -0.4 is 0 Å². The minimum atomic E-state index is -4.42. The van der Waals surface area contributed by atoms with Gasteiger partial charge < -0.3 is 39.8 Å². The number of nitrogens with one attached hydrogen (secondary N) is 2. The Hall–Kier alpha value is -6.34. The second-order valence-corrected chi connectivity index (χ2v) is 20.5. The topological polar surface area (TPSA) is 145 Å². The highest BCUT2D eigenvalue weighted by atomic mass is 19.4. The number of aromatic nitrogens is 4. The average Bonchev–Trinajstić information content (AvgIpc) is 4.07. The lowest BCUT2D eigenvalue weighted by Crippen LogP contribution is -2.45. The van der Waals surface area contributed by atoms with Crippen molar-refractivity contribution in [1.29, 1.82) is 0 Å². The SMILES string of the molecule is O=C(/C=C/c1cc(F)c(F)c(F)c1)N1CCC(C(O)CN2CCC(c3c[nH]c4ncccc34)CC2)CC1.O=C(/C=C/c1cccc(C(F)(F)F)c1)N1CCC(C(O)CN2CCC(c3c[nH]c4ncccc34)CC2)CC1. The van der Waals surface area contributed by atoms with Gasteiger partial charge in [0.2, 0.25) is 11.8 Å². The summed E-state index contributed by atoms with van der Waals surface area (Å²) in [6.45, 7) is 7.08. The second kappa shape index (κ2) is 24.1. The summed E-state index contributed by atoms with van der Waals surface area (Å²) in [6.07, 6.45) is 14.7. The van der Waals surface area contributed by atoms with Crippen molar-refractivity contribution in [3.8, 4) is 0 Å². The van der Waals surface area contributed by atoms with E-state index in [4.69, 9.17) is 0 Å². The molecule has 0 saturated carbocycles. The van der Waals surface area contributed by atoms with E-state index in [2.05, 4.69) is 54.3 Å². The minimum Gasteiger partial charge on any atom is -0.392 e. The van der Waals surface area contributed by atoms with Crippen molar-refractivity contribution in [3.63, 3.8) is 0 Å². The molecular formula is C57H64F6N8O4. The molecule has 4 aliphatic rings. The molecule has 6 aromatic rings. The van der Waals surface area contributed by atoms with Crippen molar-refractivity contribution >= 4 is 46.0 Å². The molecule has 2 atom stereocenters. The lowest BCUT2D eigenvalue weighted by molar-refractivity contribution is -0.137. The third-order valence-corrected chi connectivity index (χ3v) is 15.8. The number of alkyl halides is 3. The smallest absolute Gasteiger partial charge is 0.392 e. The molecule has 2 unspecified atom stereocenters. The molecule has 0 radical (unpaired) electrons. The summed E-state index contributed by atoms with van der Waals surface area (Å²) in [5.41, 5.74) is 4.19. The Bertz CT molecular complexity index is 2920. The van der Waals surface area contributed by atoms with Gasteiger partial charge in [0, 0.05) is 87.0 Å². The first-order valence-electron chi connectivity index (χ1n) is 26.1. The summed E-state index contributed by atoms with van der Waals surface area (Å²) in [6, 6.07) is 14.8. The number of hydrogen-bond donors (Lipinski definition) is 4. The number of aliphatic hydroxyl groups excluding tert-OH is 2. The molecule has 18 heteroatoms. The lowest BCUT2D eigenvalue weighted by atomic mass is 9.88. The van der Waals surface area contributed by atoms with E-state index < -0.39 is 41.4 Å². The zero-order valence-corrected chi connectivity index (χ0v) is 41.7. The Morgan fingerprint density at radius 1 is 0.600 bits per heavy atom. The summed E-state index contributed by atoms with van der Waals surface area (Å²) < 4.78 is 78.6. The molecule has 10 rings (SSSR count). The normalized spacial score (nSPS) is 19.3. The molecule has 12 nitrogen and oxygen atoms in total. The maximum Gasteiger partial charge on any atom is 0.416 e. The highest BCUT2D eigenvalue weighted by Gasteiger charge is 2.33. The van der Waals surface area contributed by atoms with Gasteiger partial charge in [-0.15, -0.1) is 0 Å². The van der Waals surface area contributed by atoms with Crippen molar-refractivity contribution in [2.24, 2.45) is 11.8 Å². The van der Waals surface area contributed by atoms with Gasteiger partial charge >= 0.3 is 6.18 Å². The number of H-pyrrole nitrogens is 2. The van der Waals surface area contributed by atoms with Gasteiger partial charge in [-0.3, -0.25) is 9.59 Å². The van der Waals surface area contributed by atoms with E-state index in [0.29, 0.717) is 82.4 Å². The van der Waals surface area contributed by atoms with E-state index >= 15 is 0 Å². The van der Waals surface area contributed by atoms with E-state index in [0.717, 1.165) is 87.4 Å². The van der Waals surface area contributed by atoms with Crippen LogP contribution in [0.4, 0.5) is 26.3 Å². The molecule has 0 spiro atoms. The number of nitrogens with zero attached hydrogens (tertiary/aromatic N) is 6. The number of fused-ring (bicyclic) bond motifs is 2. The number of β-amino-alcohol motifs (C(OH)–C–C–N with tert-alkyl or cyclic N) is 2.